The number of halogens is 1. The minimum atomic E-state index is -0.422. The normalized spacial score (nSPS) is 12.6. The molecule has 1 unspecified atom stereocenters. The number of thiophene rings is 1. The summed E-state index contributed by atoms with van der Waals surface area (Å²) in [6, 6.07) is 5.76. The molecule has 1 aromatic heterocycles. The Balaban J connectivity index is 2.23. The molecule has 0 saturated carbocycles. The summed E-state index contributed by atoms with van der Waals surface area (Å²) < 4.78 is 1.87. The lowest BCUT2D eigenvalue weighted by Crippen LogP contribution is -2.26. The van der Waals surface area contributed by atoms with Gasteiger partial charge in [0.1, 0.15) is 4.88 Å². The maximum absolute atomic E-state index is 12.1. The molecule has 2 aromatic rings. The quantitative estimate of drug-likeness (QED) is 0.799. The van der Waals surface area contributed by atoms with Gasteiger partial charge in [-0.3, -0.25) is 4.79 Å². The van der Waals surface area contributed by atoms with E-state index in [1.54, 1.807) is 6.92 Å². The van der Waals surface area contributed by atoms with Crippen LogP contribution in [-0.2, 0) is 0 Å². The van der Waals surface area contributed by atoms with Crippen molar-refractivity contribution in [1.29, 1.82) is 0 Å². The number of rotatable bonds is 4. The highest BCUT2D eigenvalue weighted by atomic mass is 79.9. The number of fused-ring (bicyclic) bond motifs is 1. The molecule has 0 aliphatic carbocycles. The Bertz CT molecular complexity index is 610. The largest absolute Gasteiger partial charge is 0.397 e. The molecule has 0 radical (unpaired) electrons. The van der Waals surface area contributed by atoms with Gasteiger partial charge < -0.3 is 16.2 Å². The zero-order chi connectivity index (χ0) is 14.0. The van der Waals surface area contributed by atoms with Crippen LogP contribution in [0.1, 0.15) is 23.0 Å². The van der Waals surface area contributed by atoms with Gasteiger partial charge in [0.05, 0.1) is 11.8 Å². The van der Waals surface area contributed by atoms with Crippen LogP contribution in [0, 0.1) is 0 Å². The number of hydrogen-bond acceptors (Lipinski definition) is 4. The molecule has 1 atom stereocenters. The second-order valence-electron chi connectivity index (χ2n) is 4.35. The lowest BCUT2D eigenvalue weighted by molar-refractivity contribution is 0.0950. The van der Waals surface area contributed by atoms with Crippen molar-refractivity contribution in [2.45, 2.75) is 19.4 Å². The molecule has 0 aliphatic heterocycles. The van der Waals surface area contributed by atoms with Crippen molar-refractivity contribution in [1.82, 2.24) is 5.32 Å². The van der Waals surface area contributed by atoms with Crippen molar-refractivity contribution in [3.8, 4) is 0 Å². The number of carbonyl (C=O) groups is 1. The fourth-order valence-corrected chi connectivity index (χ4v) is 3.55. The SMILES string of the molecule is CC(O)CCNC(=O)c1sc2cccc(Br)c2c1N. The zero-order valence-electron chi connectivity index (χ0n) is 10.4. The first-order valence-electron chi connectivity index (χ1n) is 5.93. The van der Waals surface area contributed by atoms with E-state index in [2.05, 4.69) is 21.2 Å². The minimum Gasteiger partial charge on any atom is -0.397 e. The number of benzene rings is 1. The summed E-state index contributed by atoms with van der Waals surface area (Å²) in [4.78, 5) is 12.6. The molecule has 4 nitrogen and oxygen atoms in total. The Kier molecular flexibility index (Phi) is 4.44. The fraction of sp³-hybridized carbons (Fsp3) is 0.308. The standard InChI is InChI=1S/C13H15BrN2O2S/c1-7(17)5-6-16-13(18)12-11(15)10-8(14)3-2-4-9(10)19-12/h2-4,7,17H,5-6,15H2,1H3,(H,16,18). The van der Waals surface area contributed by atoms with Crippen LogP contribution >= 0.6 is 27.3 Å². The van der Waals surface area contributed by atoms with Crippen molar-refractivity contribution < 1.29 is 9.90 Å². The Hall–Kier alpha value is -1.11. The van der Waals surface area contributed by atoms with Crippen LogP contribution in [0.2, 0.25) is 0 Å². The molecule has 1 heterocycles. The average Bonchev–Trinajstić information content (AvgIpc) is 2.67. The Labute approximate surface area is 123 Å². The molecule has 0 spiro atoms. The molecule has 1 amide bonds. The first-order chi connectivity index (χ1) is 9.00. The number of anilines is 1. The highest BCUT2D eigenvalue weighted by molar-refractivity contribution is 9.10. The van der Waals surface area contributed by atoms with Crippen molar-refractivity contribution in [2.24, 2.45) is 0 Å². The van der Waals surface area contributed by atoms with Crippen molar-refractivity contribution in [3.63, 3.8) is 0 Å². The van der Waals surface area contributed by atoms with Gasteiger partial charge in [0.2, 0.25) is 0 Å². The summed E-state index contributed by atoms with van der Waals surface area (Å²) in [6.45, 7) is 2.13. The van der Waals surface area contributed by atoms with E-state index in [0.29, 0.717) is 23.5 Å². The summed E-state index contributed by atoms with van der Waals surface area (Å²) in [5, 5.41) is 12.8. The van der Waals surface area contributed by atoms with Crippen molar-refractivity contribution >= 4 is 48.9 Å². The second-order valence-corrected chi connectivity index (χ2v) is 6.26. The lowest BCUT2D eigenvalue weighted by atomic mass is 10.2. The van der Waals surface area contributed by atoms with E-state index in [1.165, 1.54) is 11.3 Å². The monoisotopic (exact) mass is 342 g/mol. The molecule has 19 heavy (non-hydrogen) atoms. The highest BCUT2D eigenvalue weighted by Gasteiger charge is 2.17. The van der Waals surface area contributed by atoms with Crippen LogP contribution in [0.4, 0.5) is 5.69 Å². The topological polar surface area (TPSA) is 75.3 Å². The van der Waals surface area contributed by atoms with Crippen LogP contribution in [-0.4, -0.2) is 23.7 Å². The molecular formula is C13H15BrN2O2S. The summed E-state index contributed by atoms with van der Waals surface area (Å²) in [6.07, 6.45) is 0.106. The molecule has 102 valence electrons. The third kappa shape index (κ3) is 3.08. The number of aliphatic hydroxyl groups is 1. The number of hydrogen-bond donors (Lipinski definition) is 3. The van der Waals surface area contributed by atoms with Gasteiger partial charge in [-0.15, -0.1) is 11.3 Å². The van der Waals surface area contributed by atoms with Crippen LogP contribution < -0.4 is 11.1 Å². The van der Waals surface area contributed by atoms with Gasteiger partial charge >= 0.3 is 0 Å². The van der Waals surface area contributed by atoms with E-state index < -0.39 is 6.10 Å². The summed E-state index contributed by atoms with van der Waals surface area (Å²) in [5.74, 6) is -0.189. The average molecular weight is 343 g/mol. The highest BCUT2D eigenvalue weighted by Crippen LogP contribution is 2.37. The molecule has 0 saturated heterocycles. The van der Waals surface area contributed by atoms with E-state index in [1.807, 2.05) is 18.2 Å². The fourth-order valence-electron chi connectivity index (χ4n) is 1.77. The third-order valence-electron chi connectivity index (χ3n) is 2.76. The maximum atomic E-state index is 12.1. The van der Waals surface area contributed by atoms with Crippen LogP contribution in [0.5, 0.6) is 0 Å². The molecule has 2 rings (SSSR count). The van der Waals surface area contributed by atoms with E-state index in [0.717, 1.165) is 14.6 Å². The van der Waals surface area contributed by atoms with Gasteiger partial charge in [0.15, 0.2) is 0 Å². The number of nitrogen functional groups attached to an aromatic ring is 1. The zero-order valence-corrected chi connectivity index (χ0v) is 12.8. The molecule has 0 bridgehead atoms. The summed E-state index contributed by atoms with van der Waals surface area (Å²) >= 11 is 4.82. The van der Waals surface area contributed by atoms with Gasteiger partial charge in [0, 0.05) is 21.1 Å². The predicted molar refractivity (Wildman–Crippen MR) is 82.6 cm³/mol. The van der Waals surface area contributed by atoms with E-state index in [4.69, 9.17) is 10.8 Å². The molecule has 0 fully saturated rings. The Morgan fingerprint density at radius 2 is 2.32 bits per heavy atom. The second kappa shape index (κ2) is 5.90. The van der Waals surface area contributed by atoms with Crippen molar-refractivity contribution in [2.75, 3.05) is 12.3 Å². The van der Waals surface area contributed by atoms with Crippen LogP contribution in [0.15, 0.2) is 22.7 Å². The van der Waals surface area contributed by atoms with Crippen molar-refractivity contribution in [3.05, 3.63) is 27.5 Å². The molecule has 4 N–H and O–H groups in total. The minimum absolute atomic E-state index is 0.189. The number of carbonyl (C=O) groups excluding carboxylic acids is 1. The smallest absolute Gasteiger partial charge is 0.263 e. The number of nitrogens with one attached hydrogen (secondary N) is 1. The van der Waals surface area contributed by atoms with E-state index in [9.17, 15) is 4.79 Å². The van der Waals surface area contributed by atoms with Gasteiger partial charge in [0.25, 0.3) is 5.91 Å². The molecular weight excluding hydrogens is 328 g/mol. The maximum Gasteiger partial charge on any atom is 0.263 e. The van der Waals surface area contributed by atoms with E-state index >= 15 is 0 Å². The van der Waals surface area contributed by atoms with Gasteiger partial charge in [-0.2, -0.15) is 0 Å². The lowest BCUT2D eigenvalue weighted by Gasteiger charge is -2.06. The number of nitrogens with two attached hydrogens (primary N) is 1. The number of amides is 1. The number of aliphatic hydroxyl groups excluding tert-OH is 1. The first kappa shape index (κ1) is 14.3. The van der Waals surface area contributed by atoms with Crippen LogP contribution in [0.3, 0.4) is 0 Å². The van der Waals surface area contributed by atoms with Gasteiger partial charge in [-0.05, 0) is 25.5 Å². The Morgan fingerprint density at radius 3 is 2.95 bits per heavy atom. The molecule has 1 aromatic carbocycles. The summed E-state index contributed by atoms with van der Waals surface area (Å²) in [5.41, 5.74) is 6.54. The third-order valence-corrected chi connectivity index (χ3v) is 4.59. The van der Waals surface area contributed by atoms with Gasteiger partial charge in [-0.1, -0.05) is 22.0 Å². The molecule has 0 aliphatic rings. The predicted octanol–water partition coefficient (Wildman–Crippen LogP) is 2.75. The van der Waals surface area contributed by atoms with Gasteiger partial charge in [-0.25, -0.2) is 0 Å². The Morgan fingerprint density at radius 1 is 1.58 bits per heavy atom. The summed E-state index contributed by atoms with van der Waals surface area (Å²) in [7, 11) is 0. The van der Waals surface area contributed by atoms with E-state index in [-0.39, 0.29) is 5.91 Å². The molecule has 6 heteroatoms. The first-order valence-corrected chi connectivity index (χ1v) is 7.54. The van der Waals surface area contributed by atoms with Crippen LogP contribution in [0.25, 0.3) is 10.1 Å².